The summed E-state index contributed by atoms with van der Waals surface area (Å²) < 4.78 is 0.884. The molecule has 0 saturated carbocycles. The number of amides is 2. The monoisotopic (exact) mass is 397 g/mol. The molecular formula is C19H16BrN3O2. The number of aromatic amines is 1. The number of fused-ring (bicyclic) bond motifs is 2. The molecule has 6 heteroatoms. The van der Waals surface area contributed by atoms with Gasteiger partial charge in [0.15, 0.2) is 0 Å². The van der Waals surface area contributed by atoms with Crippen molar-refractivity contribution in [1.82, 2.24) is 4.98 Å². The molecule has 2 amide bonds. The van der Waals surface area contributed by atoms with Crippen molar-refractivity contribution in [2.75, 3.05) is 16.8 Å². The van der Waals surface area contributed by atoms with E-state index in [2.05, 4.69) is 26.2 Å². The minimum atomic E-state index is -0.162. The number of aromatic nitrogens is 1. The molecule has 0 saturated heterocycles. The van der Waals surface area contributed by atoms with Gasteiger partial charge in [-0.1, -0.05) is 34.1 Å². The Morgan fingerprint density at radius 3 is 2.76 bits per heavy atom. The molecule has 25 heavy (non-hydrogen) atoms. The Hall–Kier alpha value is -2.60. The summed E-state index contributed by atoms with van der Waals surface area (Å²) >= 11 is 3.47. The van der Waals surface area contributed by atoms with E-state index in [1.807, 2.05) is 42.5 Å². The van der Waals surface area contributed by atoms with E-state index in [0.717, 1.165) is 33.0 Å². The Morgan fingerprint density at radius 1 is 1.20 bits per heavy atom. The van der Waals surface area contributed by atoms with Crippen molar-refractivity contribution in [3.05, 3.63) is 58.2 Å². The van der Waals surface area contributed by atoms with E-state index in [-0.39, 0.29) is 11.8 Å². The number of anilines is 2. The van der Waals surface area contributed by atoms with Crippen molar-refractivity contribution >= 4 is 50.0 Å². The van der Waals surface area contributed by atoms with Gasteiger partial charge in [0.25, 0.3) is 5.91 Å². The molecule has 0 unspecified atom stereocenters. The van der Waals surface area contributed by atoms with E-state index in [1.165, 1.54) is 6.92 Å². The van der Waals surface area contributed by atoms with Gasteiger partial charge >= 0.3 is 0 Å². The molecule has 1 aliphatic rings. The number of nitrogens with one attached hydrogen (secondary N) is 2. The van der Waals surface area contributed by atoms with Crippen molar-refractivity contribution in [2.24, 2.45) is 0 Å². The summed E-state index contributed by atoms with van der Waals surface area (Å²) in [5.41, 5.74) is 3.96. The van der Waals surface area contributed by atoms with Crippen LogP contribution < -0.4 is 10.2 Å². The third-order valence-corrected chi connectivity index (χ3v) is 4.80. The van der Waals surface area contributed by atoms with Crippen molar-refractivity contribution in [3.63, 3.8) is 0 Å². The second kappa shape index (κ2) is 6.04. The zero-order chi connectivity index (χ0) is 17.6. The van der Waals surface area contributed by atoms with E-state index in [0.29, 0.717) is 17.9 Å². The summed E-state index contributed by atoms with van der Waals surface area (Å²) in [6.07, 6.45) is 0.757. The van der Waals surface area contributed by atoms with Gasteiger partial charge in [0.2, 0.25) is 5.91 Å². The maximum Gasteiger partial charge on any atom is 0.274 e. The van der Waals surface area contributed by atoms with Gasteiger partial charge in [-0.25, -0.2) is 0 Å². The number of rotatable bonds is 2. The molecule has 0 aliphatic carbocycles. The Morgan fingerprint density at radius 2 is 2.00 bits per heavy atom. The molecule has 4 rings (SSSR count). The number of hydrogen-bond acceptors (Lipinski definition) is 2. The first-order valence-corrected chi connectivity index (χ1v) is 8.82. The lowest BCUT2D eigenvalue weighted by molar-refractivity contribution is -0.114. The lowest BCUT2D eigenvalue weighted by atomic mass is 10.1. The Bertz CT molecular complexity index is 976. The fourth-order valence-corrected chi connectivity index (χ4v) is 3.84. The summed E-state index contributed by atoms with van der Waals surface area (Å²) in [4.78, 5) is 29.5. The Balaban J connectivity index is 1.76. The molecule has 2 N–H and O–H groups in total. The highest BCUT2D eigenvalue weighted by atomic mass is 79.9. The van der Waals surface area contributed by atoms with Crippen LogP contribution in [0.4, 0.5) is 11.4 Å². The third-order valence-electron chi connectivity index (χ3n) is 4.34. The highest BCUT2D eigenvalue weighted by molar-refractivity contribution is 9.10. The predicted octanol–water partition coefficient (Wildman–Crippen LogP) is 4.09. The smallest absolute Gasteiger partial charge is 0.274 e. The molecule has 0 radical (unpaired) electrons. The number of para-hydroxylation sites is 1. The topological polar surface area (TPSA) is 65.2 Å². The van der Waals surface area contributed by atoms with E-state index in [4.69, 9.17) is 0 Å². The average molecular weight is 398 g/mol. The van der Waals surface area contributed by atoms with Crippen LogP contribution in [-0.2, 0) is 11.2 Å². The molecule has 2 aromatic carbocycles. The number of nitrogens with zero attached hydrogens (tertiary/aromatic N) is 1. The highest BCUT2D eigenvalue weighted by Gasteiger charge is 2.29. The standard InChI is InChI=1S/C19H16BrN3O2/c1-11(24)21-16-10-14(20)8-13-6-7-23(18(13)16)19(25)17-9-12-4-2-3-5-15(12)22-17/h2-5,8-10,22H,6-7H2,1H3,(H,21,24). The molecule has 1 aliphatic heterocycles. The van der Waals surface area contributed by atoms with Crippen molar-refractivity contribution in [2.45, 2.75) is 13.3 Å². The first-order chi connectivity index (χ1) is 12.0. The summed E-state index contributed by atoms with van der Waals surface area (Å²) in [6, 6.07) is 13.5. The summed E-state index contributed by atoms with van der Waals surface area (Å²) in [7, 11) is 0. The first kappa shape index (κ1) is 15.9. The van der Waals surface area contributed by atoms with Gasteiger partial charge in [0.05, 0.1) is 11.4 Å². The van der Waals surface area contributed by atoms with Crippen LogP contribution in [0.25, 0.3) is 10.9 Å². The fraction of sp³-hybridized carbons (Fsp3) is 0.158. The quantitative estimate of drug-likeness (QED) is 0.683. The van der Waals surface area contributed by atoms with E-state index in [9.17, 15) is 9.59 Å². The van der Waals surface area contributed by atoms with E-state index in [1.54, 1.807) is 4.90 Å². The summed E-state index contributed by atoms with van der Waals surface area (Å²) in [6.45, 7) is 2.05. The highest BCUT2D eigenvalue weighted by Crippen LogP contribution is 2.39. The van der Waals surface area contributed by atoms with Crippen LogP contribution in [-0.4, -0.2) is 23.3 Å². The maximum atomic E-state index is 13.1. The van der Waals surface area contributed by atoms with Crippen LogP contribution in [0.5, 0.6) is 0 Å². The zero-order valence-electron chi connectivity index (χ0n) is 13.6. The molecule has 2 heterocycles. The molecular weight excluding hydrogens is 382 g/mol. The molecule has 0 fully saturated rings. The summed E-state index contributed by atoms with van der Waals surface area (Å²) in [5, 5.41) is 3.84. The molecule has 3 aromatic rings. The van der Waals surface area contributed by atoms with Gasteiger partial charge in [-0.3, -0.25) is 9.59 Å². The van der Waals surface area contributed by atoms with Gasteiger partial charge in [0.1, 0.15) is 5.69 Å². The van der Waals surface area contributed by atoms with Crippen LogP contribution in [0.3, 0.4) is 0 Å². The van der Waals surface area contributed by atoms with Crippen molar-refractivity contribution in [1.29, 1.82) is 0 Å². The number of hydrogen-bond donors (Lipinski definition) is 2. The van der Waals surface area contributed by atoms with E-state index < -0.39 is 0 Å². The third kappa shape index (κ3) is 2.82. The normalized spacial score (nSPS) is 13.1. The Labute approximate surface area is 153 Å². The SMILES string of the molecule is CC(=O)Nc1cc(Br)cc2c1N(C(=O)c1cc3ccccc3[nH]1)CC2. The van der Waals surface area contributed by atoms with Crippen molar-refractivity contribution < 1.29 is 9.59 Å². The molecule has 0 atom stereocenters. The maximum absolute atomic E-state index is 13.1. The predicted molar refractivity (Wildman–Crippen MR) is 102 cm³/mol. The van der Waals surface area contributed by atoms with Gasteiger partial charge in [-0.05, 0) is 36.2 Å². The van der Waals surface area contributed by atoms with Crippen LogP contribution in [0.2, 0.25) is 0 Å². The van der Waals surface area contributed by atoms with Crippen LogP contribution >= 0.6 is 15.9 Å². The van der Waals surface area contributed by atoms with Crippen LogP contribution in [0, 0.1) is 0 Å². The minimum Gasteiger partial charge on any atom is -0.351 e. The molecule has 0 spiro atoms. The lowest BCUT2D eigenvalue weighted by Crippen LogP contribution is -2.30. The number of benzene rings is 2. The average Bonchev–Trinajstić information content (AvgIpc) is 3.17. The molecule has 1 aromatic heterocycles. The summed E-state index contributed by atoms with van der Waals surface area (Å²) in [5.74, 6) is -0.255. The minimum absolute atomic E-state index is 0.0936. The fourth-order valence-electron chi connectivity index (χ4n) is 3.33. The largest absolute Gasteiger partial charge is 0.351 e. The lowest BCUT2D eigenvalue weighted by Gasteiger charge is -2.20. The van der Waals surface area contributed by atoms with Gasteiger partial charge < -0.3 is 15.2 Å². The first-order valence-electron chi connectivity index (χ1n) is 8.02. The number of carbonyl (C=O) groups excluding carboxylic acids is 2. The number of carbonyl (C=O) groups is 2. The van der Waals surface area contributed by atoms with Crippen molar-refractivity contribution in [3.8, 4) is 0 Å². The molecule has 126 valence electrons. The Kier molecular flexibility index (Phi) is 3.84. The van der Waals surface area contributed by atoms with Crippen LogP contribution in [0.15, 0.2) is 46.9 Å². The number of halogens is 1. The second-order valence-electron chi connectivity index (χ2n) is 6.12. The van der Waals surface area contributed by atoms with E-state index >= 15 is 0 Å². The second-order valence-corrected chi connectivity index (χ2v) is 7.03. The van der Waals surface area contributed by atoms with Gasteiger partial charge in [-0.2, -0.15) is 0 Å². The number of H-pyrrole nitrogens is 1. The van der Waals surface area contributed by atoms with Gasteiger partial charge in [-0.15, -0.1) is 0 Å². The molecule has 0 bridgehead atoms. The zero-order valence-corrected chi connectivity index (χ0v) is 15.2. The molecule has 5 nitrogen and oxygen atoms in total. The van der Waals surface area contributed by atoms with Crippen LogP contribution in [0.1, 0.15) is 23.0 Å². The van der Waals surface area contributed by atoms with Gasteiger partial charge in [0, 0.05) is 28.8 Å².